The van der Waals surface area contributed by atoms with E-state index in [1.54, 1.807) is 0 Å². The van der Waals surface area contributed by atoms with E-state index in [4.69, 9.17) is 0 Å². The molecule has 2 aliphatic heterocycles. The Balaban J connectivity index is 0.989. The second kappa shape index (κ2) is 15.0. The van der Waals surface area contributed by atoms with Gasteiger partial charge in [0.2, 0.25) is 0 Å². The standard InChI is InChI=1S/C56H48N2S2/c1-33-27-43(45-29-39(7)51(31-37(45)5)57-47-17-9-13-21-53(47)59-54-22-14-10-18-48(54)57)35(3)25-41(33)42-26-36(4)44(28-34(42)2)46-30-40(8)52(32-38(46)6)58-49-19-11-15-23-55(49)60-56-24-16-12-20-50(56)58/h9-32H,1-8H3. The summed E-state index contributed by atoms with van der Waals surface area (Å²) < 4.78 is 0. The van der Waals surface area contributed by atoms with Gasteiger partial charge in [0.05, 0.1) is 22.7 Å². The molecule has 10 rings (SSSR count). The molecular formula is C56H48N2S2. The van der Waals surface area contributed by atoms with Crippen molar-refractivity contribution in [1.29, 1.82) is 0 Å². The van der Waals surface area contributed by atoms with Crippen LogP contribution in [0, 0.1) is 55.4 Å². The molecule has 0 spiro atoms. The zero-order valence-electron chi connectivity index (χ0n) is 35.6. The molecule has 8 aromatic rings. The van der Waals surface area contributed by atoms with Gasteiger partial charge in [0, 0.05) is 31.0 Å². The van der Waals surface area contributed by atoms with Crippen molar-refractivity contribution >= 4 is 57.6 Å². The second-order valence-electron chi connectivity index (χ2n) is 16.6. The number of nitrogens with zero attached hydrogens (tertiary/aromatic N) is 2. The van der Waals surface area contributed by atoms with Crippen molar-refractivity contribution in [1.82, 2.24) is 0 Å². The van der Waals surface area contributed by atoms with Gasteiger partial charge in [0.25, 0.3) is 0 Å². The highest BCUT2D eigenvalue weighted by Gasteiger charge is 2.28. The van der Waals surface area contributed by atoms with Crippen molar-refractivity contribution in [3.05, 3.63) is 190 Å². The average Bonchev–Trinajstić information content (AvgIpc) is 3.25. The Bertz CT molecular complexity index is 2750. The summed E-state index contributed by atoms with van der Waals surface area (Å²) in [7, 11) is 0. The van der Waals surface area contributed by atoms with Gasteiger partial charge in [-0.15, -0.1) is 0 Å². The molecule has 2 heterocycles. The summed E-state index contributed by atoms with van der Waals surface area (Å²) in [5.41, 5.74) is 25.4. The molecule has 0 aliphatic carbocycles. The van der Waals surface area contributed by atoms with Crippen LogP contribution in [0.15, 0.2) is 165 Å². The molecule has 294 valence electrons. The van der Waals surface area contributed by atoms with Crippen molar-refractivity contribution in [2.24, 2.45) is 0 Å². The van der Waals surface area contributed by atoms with Gasteiger partial charge < -0.3 is 9.80 Å². The smallest absolute Gasteiger partial charge is 0.0601 e. The number of rotatable bonds is 5. The Morgan fingerprint density at radius 3 is 0.733 bits per heavy atom. The summed E-state index contributed by atoms with van der Waals surface area (Å²) in [5.74, 6) is 0. The third-order valence-corrected chi connectivity index (χ3v) is 14.7. The van der Waals surface area contributed by atoms with E-state index in [1.807, 2.05) is 23.5 Å². The Labute approximate surface area is 364 Å². The van der Waals surface area contributed by atoms with Crippen molar-refractivity contribution in [3.63, 3.8) is 0 Å². The van der Waals surface area contributed by atoms with Crippen LogP contribution in [0.25, 0.3) is 33.4 Å². The summed E-state index contributed by atoms with van der Waals surface area (Å²) in [6, 6.07) is 54.3. The molecule has 0 fully saturated rings. The summed E-state index contributed by atoms with van der Waals surface area (Å²) in [4.78, 5) is 10.0. The van der Waals surface area contributed by atoms with Gasteiger partial charge in [-0.3, -0.25) is 0 Å². The van der Waals surface area contributed by atoms with E-state index in [2.05, 4.69) is 211 Å². The Hall–Kier alpha value is -5.94. The maximum absolute atomic E-state index is 2.45. The first-order valence-electron chi connectivity index (χ1n) is 20.8. The summed E-state index contributed by atoms with van der Waals surface area (Å²) in [6.07, 6.45) is 0. The van der Waals surface area contributed by atoms with Gasteiger partial charge in [0.15, 0.2) is 0 Å². The number of fused-ring (bicyclic) bond motifs is 4. The molecule has 0 atom stereocenters. The van der Waals surface area contributed by atoms with Gasteiger partial charge in [-0.25, -0.2) is 0 Å². The fraction of sp³-hybridized carbons (Fsp3) is 0.143. The van der Waals surface area contributed by atoms with Crippen LogP contribution in [0.4, 0.5) is 34.1 Å². The largest absolute Gasteiger partial charge is 0.308 e. The van der Waals surface area contributed by atoms with Crippen LogP contribution >= 0.6 is 23.5 Å². The number of hydrogen-bond acceptors (Lipinski definition) is 4. The lowest BCUT2D eigenvalue weighted by molar-refractivity contribution is 1.15. The average molecular weight is 813 g/mol. The predicted molar refractivity (Wildman–Crippen MR) is 258 cm³/mol. The van der Waals surface area contributed by atoms with E-state index in [1.165, 1.54) is 132 Å². The molecule has 4 heteroatoms. The molecule has 2 aliphatic rings. The minimum atomic E-state index is 1.23. The minimum absolute atomic E-state index is 1.23. The third kappa shape index (κ3) is 6.36. The van der Waals surface area contributed by atoms with E-state index in [-0.39, 0.29) is 0 Å². The van der Waals surface area contributed by atoms with Crippen LogP contribution in [-0.2, 0) is 0 Å². The summed E-state index contributed by atoms with van der Waals surface area (Å²) >= 11 is 3.71. The lowest BCUT2D eigenvalue weighted by atomic mass is 9.85. The molecular weight excluding hydrogens is 765 g/mol. The fourth-order valence-electron chi connectivity index (χ4n) is 9.39. The molecule has 0 bridgehead atoms. The SMILES string of the molecule is Cc1cc(-c2cc(C)c(N3c4ccccc4Sc4ccccc43)cc2C)c(C)cc1-c1cc(C)c(-c2cc(C)c(N3c4ccccc4Sc4ccccc43)cc2C)cc1C. The predicted octanol–water partition coefficient (Wildman–Crippen LogP) is 17.0. The third-order valence-electron chi connectivity index (χ3n) is 12.4. The number of aryl methyl sites for hydroxylation is 8. The van der Waals surface area contributed by atoms with E-state index < -0.39 is 0 Å². The van der Waals surface area contributed by atoms with Crippen molar-refractivity contribution in [2.75, 3.05) is 9.80 Å². The fourth-order valence-corrected chi connectivity index (χ4v) is 11.5. The molecule has 0 amide bonds. The first-order valence-corrected chi connectivity index (χ1v) is 22.5. The minimum Gasteiger partial charge on any atom is -0.308 e. The Morgan fingerprint density at radius 1 is 0.250 bits per heavy atom. The molecule has 0 saturated carbocycles. The molecule has 0 saturated heterocycles. The van der Waals surface area contributed by atoms with Crippen LogP contribution in [-0.4, -0.2) is 0 Å². The van der Waals surface area contributed by atoms with Gasteiger partial charge in [-0.2, -0.15) is 0 Å². The molecule has 0 aromatic heterocycles. The van der Waals surface area contributed by atoms with Gasteiger partial charge >= 0.3 is 0 Å². The van der Waals surface area contributed by atoms with Gasteiger partial charge in [-0.05, 0) is 206 Å². The number of hydrogen-bond donors (Lipinski definition) is 0. The normalized spacial score (nSPS) is 12.8. The number of anilines is 6. The Morgan fingerprint density at radius 2 is 0.467 bits per heavy atom. The lowest BCUT2D eigenvalue weighted by Crippen LogP contribution is -2.16. The van der Waals surface area contributed by atoms with Crippen LogP contribution in [0.5, 0.6) is 0 Å². The highest BCUT2D eigenvalue weighted by Crippen LogP contribution is 2.54. The van der Waals surface area contributed by atoms with E-state index >= 15 is 0 Å². The second-order valence-corrected chi connectivity index (χ2v) is 18.8. The molecule has 60 heavy (non-hydrogen) atoms. The van der Waals surface area contributed by atoms with Gasteiger partial charge in [0.1, 0.15) is 0 Å². The maximum Gasteiger partial charge on any atom is 0.0601 e. The van der Waals surface area contributed by atoms with Crippen molar-refractivity contribution < 1.29 is 0 Å². The quantitative estimate of drug-likeness (QED) is 0.171. The highest BCUT2D eigenvalue weighted by atomic mass is 32.2. The Kier molecular flexibility index (Phi) is 9.54. The van der Waals surface area contributed by atoms with Crippen molar-refractivity contribution in [3.8, 4) is 33.4 Å². The van der Waals surface area contributed by atoms with Crippen LogP contribution in [0.2, 0.25) is 0 Å². The number of benzene rings is 8. The molecule has 8 aromatic carbocycles. The maximum atomic E-state index is 2.45. The first-order chi connectivity index (χ1) is 29.0. The first kappa shape index (κ1) is 38.3. The van der Waals surface area contributed by atoms with Crippen molar-refractivity contribution in [2.45, 2.75) is 75.0 Å². The molecule has 0 radical (unpaired) electrons. The van der Waals surface area contributed by atoms with E-state index in [9.17, 15) is 0 Å². The summed E-state index contributed by atoms with van der Waals surface area (Å²) in [5, 5.41) is 0. The van der Waals surface area contributed by atoms with Gasteiger partial charge in [-0.1, -0.05) is 96.3 Å². The monoisotopic (exact) mass is 812 g/mol. The van der Waals surface area contributed by atoms with Crippen LogP contribution < -0.4 is 9.80 Å². The van der Waals surface area contributed by atoms with E-state index in [0.717, 1.165) is 0 Å². The number of para-hydroxylation sites is 4. The van der Waals surface area contributed by atoms with Crippen LogP contribution in [0.1, 0.15) is 44.5 Å². The molecule has 2 nitrogen and oxygen atoms in total. The highest BCUT2D eigenvalue weighted by molar-refractivity contribution is 8.00. The summed E-state index contributed by atoms with van der Waals surface area (Å²) in [6.45, 7) is 18.2. The van der Waals surface area contributed by atoms with Crippen LogP contribution in [0.3, 0.4) is 0 Å². The zero-order chi connectivity index (χ0) is 41.4. The lowest BCUT2D eigenvalue weighted by Gasteiger charge is -2.34. The topological polar surface area (TPSA) is 6.48 Å². The molecule has 0 unspecified atom stereocenters. The molecule has 0 N–H and O–H groups in total. The van der Waals surface area contributed by atoms with E-state index in [0.29, 0.717) is 0 Å². The zero-order valence-corrected chi connectivity index (χ0v) is 37.2.